The Balaban J connectivity index is 1.49. The minimum absolute atomic E-state index is 0.0712. The number of carbonyl (C=O) groups is 2. The summed E-state index contributed by atoms with van der Waals surface area (Å²) in [6.45, 7) is 4.90. The van der Waals surface area contributed by atoms with Gasteiger partial charge in [0.25, 0.3) is 5.91 Å². The van der Waals surface area contributed by atoms with E-state index in [1.807, 2.05) is 40.1 Å². The molecule has 3 rings (SSSR count). The molecule has 0 aliphatic carbocycles. The molecule has 1 aromatic carbocycles. The Morgan fingerprint density at radius 3 is 2.54 bits per heavy atom. The number of benzene rings is 1. The first-order valence-corrected chi connectivity index (χ1v) is 9.07. The molecule has 1 N–H and O–H groups in total. The SMILES string of the molecule is O=C(CCC1CCNC1)N1CCCN(C(=O)c2ccccc2)CC1. The fraction of sp³-hybridized carbons (Fsp3) is 0.579. The molecule has 1 aromatic rings. The van der Waals surface area contributed by atoms with Crippen molar-refractivity contribution in [2.24, 2.45) is 5.92 Å². The number of carbonyl (C=O) groups excluding carboxylic acids is 2. The lowest BCUT2D eigenvalue weighted by Crippen LogP contribution is -2.37. The van der Waals surface area contributed by atoms with Gasteiger partial charge in [-0.3, -0.25) is 9.59 Å². The average Bonchev–Trinajstić information content (AvgIpc) is 3.02. The molecule has 0 saturated carbocycles. The van der Waals surface area contributed by atoms with Crippen LogP contribution in [0.15, 0.2) is 30.3 Å². The second kappa shape index (κ2) is 8.29. The summed E-state index contributed by atoms with van der Waals surface area (Å²) >= 11 is 0. The van der Waals surface area contributed by atoms with E-state index in [-0.39, 0.29) is 11.8 Å². The molecule has 24 heavy (non-hydrogen) atoms. The molecule has 2 fully saturated rings. The van der Waals surface area contributed by atoms with Gasteiger partial charge in [-0.25, -0.2) is 0 Å². The smallest absolute Gasteiger partial charge is 0.253 e. The van der Waals surface area contributed by atoms with Gasteiger partial charge in [0.05, 0.1) is 0 Å². The summed E-state index contributed by atoms with van der Waals surface area (Å²) in [5.74, 6) is 0.968. The lowest BCUT2D eigenvalue weighted by molar-refractivity contribution is -0.131. The Morgan fingerprint density at radius 2 is 1.79 bits per heavy atom. The third-order valence-electron chi connectivity index (χ3n) is 5.09. The molecule has 1 atom stereocenters. The van der Waals surface area contributed by atoms with E-state index in [0.717, 1.165) is 44.6 Å². The topological polar surface area (TPSA) is 52.7 Å². The van der Waals surface area contributed by atoms with E-state index in [1.165, 1.54) is 6.42 Å². The van der Waals surface area contributed by atoms with Gasteiger partial charge in [-0.15, -0.1) is 0 Å². The molecule has 2 amide bonds. The Morgan fingerprint density at radius 1 is 1.04 bits per heavy atom. The molecule has 0 radical (unpaired) electrons. The van der Waals surface area contributed by atoms with E-state index in [4.69, 9.17) is 0 Å². The predicted octanol–water partition coefficient (Wildman–Crippen LogP) is 1.75. The minimum Gasteiger partial charge on any atom is -0.341 e. The first kappa shape index (κ1) is 17.0. The molecule has 0 aromatic heterocycles. The van der Waals surface area contributed by atoms with Gasteiger partial charge in [0.2, 0.25) is 5.91 Å². The van der Waals surface area contributed by atoms with Gasteiger partial charge < -0.3 is 15.1 Å². The van der Waals surface area contributed by atoms with Crippen molar-refractivity contribution in [3.8, 4) is 0 Å². The largest absolute Gasteiger partial charge is 0.341 e. The van der Waals surface area contributed by atoms with Crippen LogP contribution in [0.1, 0.15) is 36.0 Å². The Bertz CT molecular complexity index is 555. The molecular formula is C19H27N3O2. The monoisotopic (exact) mass is 329 g/mol. The molecule has 2 heterocycles. The molecule has 130 valence electrons. The van der Waals surface area contributed by atoms with Gasteiger partial charge in [-0.1, -0.05) is 18.2 Å². The normalized spacial score (nSPS) is 21.6. The maximum absolute atomic E-state index is 12.5. The summed E-state index contributed by atoms with van der Waals surface area (Å²) in [6, 6.07) is 9.40. The zero-order valence-electron chi connectivity index (χ0n) is 14.2. The maximum Gasteiger partial charge on any atom is 0.253 e. The first-order chi connectivity index (χ1) is 11.7. The summed E-state index contributed by atoms with van der Waals surface area (Å²) < 4.78 is 0. The van der Waals surface area contributed by atoms with E-state index in [2.05, 4.69) is 5.32 Å². The molecule has 2 aliphatic rings. The summed E-state index contributed by atoms with van der Waals surface area (Å²) in [6.07, 6.45) is 3.66. The molecule has 5 nitrogen and oxygen atoms in total. The second-order valence-electron chi connectivity index (χ2n) is 6.79. The highest BCUT2D eigenvalue weighted by molar-refractivity contribution is 5.94. The number of hydrogen-bond donors (Lipinski definition) is 1. The molecule has 0 bridgehead atoms. The van der Waals surface area contributed by atoms with Crippen LogP contribution in [0.4, 0.5) is 0 Å². The van der Waals surface area contributed by atoms with Gasteiger partial charge >= 0.3 is 0 Å². The van der Waals surface area contributed by atoms with Gasteiger partial charge in [0, 0.05) is 38.2 Å². The Labute approximate surface area is 144 Å². The van der Waals surface area contributed by atoms with E-state index in [9.17, 15) is 9.59 Å². The zero-order valence-corrected chi connectivity index (χ0v) is 14.2. The van der Waals surface area contributed by atoms with Gasteiger partial charge in [0.15, 0.2) is 0 Å². The predicted molar refractivity (Wildman–Crippen MR) is 93.8 cm³/mol. The summed E-state index contributed by atoms with van der Waals surface area (Å²) in [4.78, 5) is 28.8. The van der Waals surface area contributed by atoms with Crippen LogP contribution in [0.2, 0.25) is 0 Å². The number of nitrogens with zero attached hydrogens (tertiary/aromatic N) is 2. The molecular weight excluding hydrogens is 302 g/mol. The maximum atomic E-state index is 12.5. The summed E-state index contributed by atoms with van der Waals surface area (Å²) in [7, 11) is 0. The molecule has 2 saturated heterocycles. The van der Waals surface area contributed by atoms with E-state index in [0.29, 0.717) is 25.4 Å². The van der Waals surface area contributed by atoms with Crippen molar-refractivity contribution in [1.29, 1.82) is 0 Å². The van der Waals surface area contributed by atoms with Crippen molar-refractivity contribution in [3.05, 3.63) is 35.9 Å². The third-order valence-corrected chi connectivity index (χ3v) is 5.09. The molecule has 1 unspecified atom stereocenters. The molecule has 2 aliphatic heterocycles. The van der Waals surface area contributed by atoms with Crippen molar-refractivity contribution in [1.82, 2.24) is 15.1 Å². The quantitative estimate of drug-likeness (QED) is 0.916. The highest BCUT2D eigenvalue weighted by atomic mass is 16.2. The van der Waals surface area contributed by atoms with E-state index < -0.39 is 0 Å². The van der Waals surface area contributed by atoms with Crippen LogP contribution >= 0.6 is 0 Å². The fourth-order valence-electron chi connectivity index (χ4n) is 3.58. The van der Waals surface area contributed by atoms with Crippen molar-refractivity contribution < 1.29 is 9.59 Å². The zero-order chi connectivity index (χ0) is 16.8. The average molecular weight is 329 g/mol. The van der Waals surface area contributed by atoms with Crippen LogP contribution in [0.5, 0.6) is 0 Å². The Kier molecular flexibility index (Phi) is 5.86. The first-order valence-electron chi connectivity index (χ1n) is 9.07. The number of rotatable bonds is 4. The number of amides is 2. The third kappa shape index (κ3) is 4.35. The van der Waals surface area contributed by atoms with Crippen molar-refractivity contribution in [3.63, 3.8) is 0 Å². The van der Waals surface area contributed by atoms with Crippen LogP contribution in [-0.4, -0.2) is 60.9 Å². The van der Waals surface area contributed by atoms with Crippen LogP contribution < -0.4 is 5.32 Å². The van der Waals surface area contributed by atoms with Crippen molar-refractivity contribution in [2.45, 2.75) is 25.7 Å². The van der Waals surface area contributed by atoms with Crippen molar-refractivity contribution in [2.75, 3.05) is 39.3 Å². The van der Waals surface area contributed by atoms with Gasteiger partial charge in [0.1, 0.15) is 0 Å². The van der Waals surface area contributed by atoms with Crippen molar-refractivity contribution >= 4 is 11.8 Å². The number of hydrogen-bond acceptors (Lipinski definition) is 3. The number of nitrogens with one attached hydrogen (secondary N) is 1. The molecule has 5 heteroatoms. The summed E-state index contributed by atoms with van der Waals surface area (Å²) in [5, 5.41) is 3.35. The van der Waals surface area contributed by atoms with Crippen LogP contribution in [0, 0.1) is 5.92 Å². The highest BCUT2D eigenvalue weighted by Gasteiger charge is 2.23. The lowest BCUT2D eigenvalue weighted by Gasteiger charge is -2.22. The van der Waals surface area contributed by atoms with Crippen LogP contribution in [0.25, 0.3) is 0 Å². The van der Waals surface area contributed by atoms with E-state index in [1.54, 1.807) is 0 Å². The molecule has 0 spiro atoms. The minimum atomic E-state index is 0.0712. The Hall–Kier alpha value is -1.88. The van der Waals surface area contributed by atoms with Crippen LogP contribution in [-0.2, 0) is 4.79 Å². The summed E-state index contributed by atoms with van der Waals surface area (Å²) in [5.41, 5.74) is 0.728. The second-order valence-corrected chi connectivity index (χ2v) is 6.79. The van der Waals surface area contributed by atoms with Gasteiger partial charge in [-0.05, 0) is 50.4 Å². The fourth-order valence-corrected chi connectivity index (χ4v) is 3.58. The lowest BCUT2D eigenvalue weighted by atomic mass is 10.0. The standard InChI is InChI=1S/C19H27N3O2/c23-18(8-7-16-9-10-20-15-16)21-11-4-12-22(14-13-21)19(24)17-5-2-1-3-6-17/h1-3,5-6,16,20H,4,7-15H2. The van der Waals surface area contributed by atoms with Crippen LogP contribution in [0.3, 0.4) is 0 Å². The van der Waals surface area contributed by atoms with E-state index >= 15 is 0 Å². The van der Waals surface area contributed by atoms with Gasteiger partial charge in [-0.2, -0.15) is 0 Å². The highest BCUT2D eigenvalue weighted by Crippen LogP contribution is 2.16.